The predicted molar refractivity (Wildman–Crippen MR) is 99.2 cm³/mol. The maximum atomic E-state index is 12.9. The molecule has 0 N–H and O–H groups in total. The van der Waals surface area contributed by atoms with E-state index in [9.17, 15) is 22.8 Å². The van der Waals surface area contributed by atoms with E-state index in [4.69, 9.17) is 21.1 Å². The fraction of sp³-hybridized carbons (Fsp3) is 0.500. The van der Waals surface area contributed by atoms with Crippen LogP contribution >= 0.6 is 11.6 Å². The van der Waals surface area contributed by atoms with Crippen LogP contribution in [-0.2, 0) is 28.9 Å². The van der Waals surface area contributed by atoms with Crippen molar-refractivity contribution in [3.8, 4) is 0 Å². The topological polar surface area (TPSA) is 104 Å². The second kappa shape index (κ2) is 8.95. The van der Waals surface area contributed by atoms with E-state index < -0.39 is 48.7 Å². The molecule has 0 saturated carbocycles. The van der Waals surface area contributed by atoms with Gasteiger partial charge < -0.3 is 9.47 Å². The van der Waals surface area contributed by atoms with Crippen LogP contribution in [0.25, 0.3) is 0 Å². The number of Topliss-reactive ketones (excluding diaryl/α,β-unsaturated/α-hetero) is 2. The lowest BCUT2D eigenvalue weighted by atomic mass is 9.94. The van der Waals surface area contributed by atoms with Gasteiger partial charge in [-0.1, -0.05) is 29.8 Å². The van der Waals surface area contributed by atoms with E-state index in [-0.39, 0.29) is 12.2 Å². The number of sulfone groups is 1. The van der Waals surface area contributed by atoms with Gasteiger partial charge in [-0.25, -0.2) is 8.42 Å². The molecule has 0 aliphatic carbocycles. The third-order valence-electron chi connectivity index (χ3n) is 3.31. The van der Waals surface area contributed by atoms with Gasteiger partial charge in [0.25, 0.3) is 0 Å². The summed E-state index contributed by atoms with van der Waals surface area (Å²) in [7, 11) is -4.24. The van der Waals surface area contributed by atoms with Crippen LogP contribution in [0.15, 0.2) is 29.2 Å². The Balaban J connectivity index is 3.42. The second-order valence-corrected chi connectivity index (χ2v) is 9.33. The molecule has 0 aliphatic rings. The van der Waals surface area contributed by atoms with Crippen LogP contribution in [0.1, 0.15) is 45.0 Å². The SMILES string of the molecule is CCOC(Cl)S(=O)(=O)c1ccccc1C(=O)C(C(C)=O)C(=O)OC(C)(C)C. The number of hydrogen-bond acceptors (Lipinski definition) is 7. The minimum atomic E-state index is -4.24. The minimum Gasteiger partial charge on any atom is -0.459 e. The molecule has 27 heavy (non-hydrogen) atoms. The van der Waals surface area contributed by atoms with Crippen LogP contribution in [0.3, 0.4) is 0 Å². The summed E-state index contributed by atoms with van der Waals surface area (Å²) >= 11 is 5.80. The maximum Gasteiger partial charge on any atom is 0.325 e. The molecule has 1 aromatic rings. The number of esters is 1. The third-order valence-corrected chi connectivity index (χ3v) is 5.73. The number of ether oxygens (including phenoxy) is 2. The predicted octanol–water partition coefficient (Wildman–Crippen LogP) is 2.75. The number of rotatable bonds is 8. The normalized spacial score (nSPS) is 14.3. The summed E-state index contributed by atoms with van der Waals surface area (Å²) in [4.78, 5) is 35.1. The molecule has 0 heterocycles. The highest BCUT2D eigenvalue weighted by atomic mass is 35.5. The largest absolute Gasteiger partial charge is 0.459 e. The van der Waals surface area contributed by atoms with Crippen molar-refractivity contribution in [1.29, 1.82) is 0 Å². The zero-order valence-electron chi connectivity index (χ0n) is 15.8. The van der Waals surface area contributed by atoms with Gasteiger partial charge in [0, 0.05) is 12.2 Å². The van der Waals surface area contributed by atoms with E-state index in [1.54, 1.807) is 27.7 Å². The highest BCUT2D eigenvalue weighted by Crippen LogP contribution is 2.26. The molecule has 1 rings (SSSR count). The molecule has 0 bridgehead atoms. The fourth-order valence-electron chi connectivity index (χ4n) is 2.21. The summed E-state index contributed by atoms with van der Waals surface area (Å²) in [5.74, 6) is -4.55. The smallest absolute Gasteiger partial charge is 0.325 e. The van der Waals surface area contributed by atoms with Gasteiger partial charge in [0.05, 0.1) is 4.90 Å². The van der Waals surface area contributed by atoms with Gasteiger partial charge in [-0.15, -0.1) is 0 Å². The van der Waals surface area contributed by atoms with E-state index in [1.807, 2.05) is 0 Å². The van der Waals surface area contributed by atoms with Crippen molar-refractivity contribution in [2.24, 2.45) is 5.92 Å². The molecule has 150 valence electrons. The van der Waals surface area contributed by atoms with Crippen molar-refractivity contribution in [2.45, 2.75) is 50.0 Å². The monoisotopic (exact) mass is 418 g/mol. The Hall–Kier alpha value is -1.77. The molecule has 2 atom stereocenters. The van der Waals surface area contributed by atoms with Gasteiger partial charge >= 0.3 is 5.97 Å². The number of hydrogen-bond donors (Lipinski definition) is 0. The molecule has 0 amide bonds. The van der Waals surface area contributed by atoms with Crippen LogP contribution in [0.4, 0.5) is 0 Å². The second-order valence-electron chi connectivity index (χ2n) is 6.71. The first-order chi connectivity index (χ1) is 12.3. The van der Waals surface area contributed by atoms with Crippen LogP contribution < -0.4 is 0 Å². The van der Waals surface area contributed by atoms with Gasteiger partial charge in [-0.05, 0) is 40.7 Å². The molecule has 9 heteroatoms. The van der Waals surface area contributed by atoms with Crippen molar-refractivity contribution in [2.75, 3.05) is 6.61 Å². The molecule has 1 aromatic carbocycles. The van der Waals surface area contributed by atoms with Gasteiger partial charge in [0.2, 0.25) is 14.7 Å². The lowest BCUT2D eigenvalue weighted by molar-refractivity contribution is -0.159. The van der Waals surface area contributed by atoms with E-state index >= 15 is 0 Å². The molecule has 0 aromatic heterocycles. The Morgan fingerprint density at radius 3 is 2.19 bits per heavy atom. The Labute approximate surface area is 163 Å². The Bertz CT molecular complexity index is 824. The number of halogens is 1. The van der Waals surface area contributed by atoms with Crippen molar-refractivity contribution < 1.29 is 32.3 Å². The molecule has 0 aliphatic heterocycles. The first kappa shape index (κ1) is 23.3. The zero-order valence-corrected chi connectivity index (χ0v) is 17.4. The number of benzene rings is 1. The van der Waals surface area contributed by atoms with Crippen molar-refractivity contribution in [3.05, 3.63) is 29.8 Å². The summed E-state index contributed by atoms with van der Waals surface area (Å²) in [5, 5.41) is 0. The molecule has 0 radical (unpaired) electrons. The Kier molecular flexibility index (Phi) is 7.71. The Morgan fingerprint density at radius 2 is 1.70 bits per heavy atom. The van der Waals surface area contributed by atoms with Crippen molar-refractivity contribution in [3.63, 3.8) is 0 Å². The van der Waals surface area contributed by atoms with Crippen molar-refractivity contribution in [1.82, 2.24) is 0 Å². The Morgan fingerprint density at radius 1 is 1.15 bits per heavy atom. The number of carbonyl (C=O) groups is 3. The third kappa shape index (κ3) is 5.85. The quantitative estimate of drug-likeness (QED) is 0.276. The molecular formula is C18H23ClO7S. The molecule has 7 nitrogen and oxygen atoms in total. The lowest BCUT2D eigenvalue weighted by Gasteiger charge is -2.23. The van der Waals surface area contributed by atoms with Crippen LogP contribution in [0, 0.1) is 5.92 Å². The van der Waals surface area contributed by atoms with Gasteiger partial charge in [0.1, 0.15) is 5.60 Å². The molecule has 2 unspecified atom stereocenters. The van der Waals surface area contributed by atoms with E-state index in [2.05, 4.69) is 0 Å². The van der Waals surface area contributed by atoms with Crippen LogP contribution in [-0.4, -0.2) is 43.1 Å². The fourth-order valence-corrected chi connectivity index (χ4v) is 3.88. The lowest BCUT2D eigenvalue weighted by Crippen LogP contribution is -2.37. The number of carbonyl (C=O) groups excluding carboxylic acids is 3. The molecule has 0 saturated heterocycles. The van der Waals surface area contributed by atoms with Crippen LogP contribution in [0.2, 0.25) is 0 Å². The standard InChI is InChI=1S/C18H23ClO7S/c1-6-25-17(19)27(23,24)13-10-8-7-9-12(13)15(21)14(11(2)20)16(22)26-18(3,4)5/h7-10,14,17H,6H2,1-5H3. The number of alkyl halides is 1. The average molecular weight is 419 g/mol. The van der Waals surface area contributed by atoms with Gasteiger partial charge in [0.15, 0.2) is 17.5 Å². The van der Waals surface area contributed by atoms with E-state index in [0.717, 1.165) is 6.92 Å². The molecule has 0 spiro atoms. The zero-order chi connectivity index (χ0) is 21.0. The van der Waals surface area contributed by atoms with Gasteiger partial charge in [-0.3, -0.25) is 14.4 Å². The number of ketones is 2. The highest BCUT2D eigenvalue weighted by Gasteiger charge is 2.39. The molecule has 0 fully saturated rings. The summed E-state index contributed by atoms with van der Waals surface area (Å²) in [6.45, 7) is 7.43. The summed E-state index contributed by atoms with van der Waals surface area (Å²) in [6, 6.07) is 5.20. The average Bonchev–Trinajstić information content (AvgIpc) is 2.53. The van der Waals surface area contributed by atoms with Crippen molar-refractivity contribution >= 4 is 39.0 Å². The van der Waals surface area contributed by atoms with E-state index in [1.165, 1.54) is 24.3 Å². The maximum absolute atomic E-state index is 12.9. The first-order valence-electron chi connectivity index (χ1n) is 8.19. The summed E-state index contributed by atoms with van der Waals surface area (Å²) < 4.78 is 35.3. The first-order valence-corrected chi connectivity index (χ1v) is 10.2. The highest BCUT2D eigenvalue weighted by molar-refractivity contribution is 7.93. The molecular weight excluding hydrogens is 396 g/mol. The van der Waals surface area contributed by atoms with Gasteiger partial charge in [-0.2, -0.15) is 0 Å². The summed E-state index contributed by atoms with van der Waals surface area (Å²) in [6.07, 6.45) is 0. The summed E-state index contributed by atoms with van der Waals surface area (Å²) in [5.41, 5.74) is -1.25. The minimum absolute atomic E-state index is 0.0392. The van der Waals surface area contributed by atoms with E-state index in [0.29, 0.717) is 0 Å². The van der Waals surface area contributed by atoms with Crippen LogP contribution in [0.5, 0.6) is 0 Å².